The second kappa shape index (κ2) is 7.75. The van der Waals surface area contributed by atoms with Crippen molar-refractivity contribution in [1.82, 2.24) is 10.2 Å². The van der Waals surface area contributed by atoms with Gasteiger partial charge in [-0.1, -0.05) is 30.3 Å². The van der Waals surface area contributed by atoms with E-state index in [2.05, 4.69) is 17.4 Å². The summed E-state index contributed by atoms with van der Waals surface area (Å²) in [6.45, 7) is 4.10. The van der Waals surface area contributed by atoms with E-state index in [9.17, 15) is 4.79 Å². The van der Waals surface area contributed by atoms with Gasteiger partial charge in [0.25, 0.3) is 0 Å². The minimum Gasteiger partial charge on any atom is -0.376 e. The summed E-state index contributed by atoms with van der Waals surface area (Å²) < 4.78 is 5.75. The number of hydrogen-bond donors (Lipinski definition) is 1. The Labute approximate surface area is 132 Å². The summed E-state index contributed by atoms with van der Waals surface area (Å²) in [4.78, 5) is 14.9. The number of nitrogens with zero attached hydrogens (tertiary/aromatic N) is 1. The fourth-order valence-corrected chi connectivity index (χ4v) is 3.39. The Bertz CT molecular complexity index is 465. The third kappa shape index (κ3) is 4.08. The zero-order valence-electron chi connectivity index (χ0n) is 13.2. The molecule has 2 atom stereocenters. The second-order valence-corrected chi connectivity index (χ2v) is 6.38. The molecule has 1 aromatic carbocycles. The summed E-state index contributed by atoms with van der Waals surface area (Å²) >= 11 is 0. The summed E-state index contributed by atoms with van der Waals surface area (Å²) in [5.41, 5.74) is 1.19. The van der Waals surface area contributed by atoms with Crippen LogP contribution in [0.4, 0.5) is 0 Å². The third-order valence-electron chi connectivity index (χ3n) is 4.62. The Kier molecular flexibility index (Phi) is 5.46. The number of piperidine rings is 1. The van der Waals surface area contributed by atoms with Crippen LogP contribution in [0.3, 0.4) is 0 Å². The van der Waals surface area contributed by atoms with Crippen LogP contribution in [0.15, 0.2) is 30.3 Å². The average Bonchev–Trinajstić information content (AvgIpc) is 3.08. The number of benzene rings is 1. The summed E-state index contributed by atoms with van der Waals surface area (Å²) in [5.74, 6) is 0.408. The van der Waals surface area contributed by atoms with Crippen molar-refractivity contribution in [3.05, 3.63) is 35.9 Å². The van der Waals surface area contributed by atoms with Crippen molar-refractivity contribution in [2.75, 3.05) is 26.2 Å². The highest BCUT2D eigenvalue weighted by atomic mass is 16.5. The van der Waals surface area contributed by atoms with Gasteiger partial charge in [0.2, 0.25) is 5.91 Å². The topological polar surface area (TPSA) is 41.6 Å². The first-order chi connectivity index (χ1) is 10.8. The second-order valence-electron chi connectivity index (χ2n) is 6.38. The minimum absolute atomic E-state index is 0.124. The minimum atomic E-state index is 0.124. The van der Waals surface area contributed by atoms with Crippen LogP contribution in [0, 0.1) is 5.92 Å². The zero-order chi connectivity index (χ0) is 15.2. The normalized spacial score (nSPS) is 25.1. The van der Waals surface area contributed by atoms with E-state index >= 15 is 0 Å². The maximum absolute atomic E-state index is 12.9. The number of hydrogen-bond acceptors (Lipinski definition) is 3. The van der Waals surface area contributed by atoms with Gasteiger partial charge in [-0.2, -0.15) is 0 Å². The molecule has 0 bridgehead atoms. The Balaban J connectivity index is 1.67. The van der Waals surface area contributed by atoms with Crippen LogP contribution in [0.5, 0.6) is 0 Å². The largest absolute Gasteiger partial charge is 0.376 e. The molecule has 3 rings (SSSR count). The lowest BCUT2D eigenvalue weighted by Gasteiger charge is -2.31. The number of amides is 1. The van der Waals surface area contributed by atoms with Crippen LogP contribution >= 0.6 is 0 Å². The highest BCUT2D eigenvalue weighted by Crippen LogP contribution is 2.19. The van der Waals surface area contributed by atoms with Crippen molar-refractivity contribution < 1.29 is 9.53 Å². The van der Waals surface area contributed by atoms with Gasteiger partial charge in [0, 0.05) is 26.2 Å². The summed E-state index contributed by atoms with van der Waals surface area (Å²) in [7, 11) is 0. The molecule has 4 heteroatoms. The zero-order valence-corrected chi connectivity index (χ0v) is 13.2. The molecule has 2 fully saturated rings. The molecule has 2 saturated heterocycles. The number of nitrogens with one attached hydrogen (secondary N) is 1. The van der Waals surface area contributed by atoms with E-state index in [0.29, 0.717) is 6.54 Å². The highest BCUT2D eigenvalue weighted by Gasteiger charge is 2.28. The summed E-state index contributed by atoms with van der Waals surface area (Å²) in [6, 6.07) is 10.3. The maximum atomic E-state index is 12.9. The molecular weight excluding hydrogens is 276 g/mol. The molecule has 22 heavy (non-hydrogen) atoms. The van der Waals surface area contributed by atoms with Gasteiger partial charge in [-0.15, -0.1) is 0 Å². The van der Waals surface area contributed by atoms with E-state index in [4.69, 9.17) is 4.74 Å². The molecule has 1 aromatic rings. The number of ether oxygens (including phenoxy) is 1. The van der Waals surface area contributed by atoms with Gasteiger partial charge in [-0.05, 0) is 37.8 Å². The van der Waals surface area contributed by atoms with Crippen LogP contribution < -0.4 is 5.32 Å². The predicted octanol–water partition coefficient (Wildman–Crippen LogP) is 2.19. The lowest BCUT2D eigenvalue weighted by molar-refractivity contribution is -0.138. The third-order valence-corrected chi connectivity index (χ3v) is 4.62. The maximum Gasteiger partial charge on any atom is 0.227 e. The molecule has 0 saturated carbocycles. The number of rotatable bonds is 5. The lowest BCUT2D eigenvalue weighted by atomic mass is 9.97. The van der Waals surface area contributed by atoms with Crippen molar-refractivity contribution in [3.63, 3.8) is 0 Å². The molecule has 120 valence electrons. The van der Waals surface area contributed by atoms with Crippen LogP contribution in [0.2, 0.25) is 0 Å². The standard InChI is InChI=1S/C18H26N2O2/c21-18(16-8-4-10-19-12-16)20(14-17-9-5-11-22-17)13-15-6-2-1-3-7-15/h1-3,6-7,16-17,19H,4-5,8-14H2. The molecule has 2 aliphatic rings. The first-order valence-electron chi connectivity index (χ1n) is 8.48. The fraction of sp³-hybridized carbons (Fsp3) is 0.611. The number of carbonyl (C=O) groups excluding carboxylic acids is 1. The molecule has 1 N–H and O–H groups in total. The Hall–Kier alpha value is -1.39. The highest BCUT2D eigenvalue weighted by molar-refractivity contribution is 5.79. The molecular formula is C18H26N2O2. The Morgan fingerprint density at radius 2 is 2.09 bits per heavy atom. The van der Waals surface area contributed by atoms with E-state index in [0.717, 1.165) is 51.9 Å². The van der Waals surface area contributed by atoms with Gasteiger partial charge >= 0.3 is 0 Å². The van der Waals surface area contributed by atoms with Gasteiger partial charge in [0.1, 0.15) is 0 Å². The molecule has 0 spiro atoms. The quantitative estimate of drug-likeness (QED) is 0.906. The van der Waals surface area contributed by atoms with E-state index in [1.807, 2.05) is 23.1 Å². The van der Waals surface area contributed by atoms with Gasteiger partial charge in [0.05, 0.1) is 12.0 Å². The van der Waals surface area contributed by atoms with Gasteiger partial charge in [0.15, 0.2) is 0 Å². The smallest absolute Gasteiger partial charge is 0.227 e. The van der Waals surface area contributed by atoms with Crippen molar-refractivity contribution in [1.29, 1.82) is 0 Å². The average molecular weight is 302 g/mol. The van der Waals surface area contributed by atoms with Crippen LogP contribution in [0.25, 0.3) is 0 Å². The molecule has 2 aliphatic heterocycles. The van der Waals surface area contributed by atoms with Crippen LogP contribution in [-0.4, -0.2) is 43.2 Å². The fourth-order valence-electron chi connectivity index (χ4n) is 3.39. The molecule has 2 unspecified atom stereocenters. The predicted molar refractivity (Wildman–Crippen MR) is 86.4 cm³/mol. The monoisotopic (exact) mass is 302 g/mol. The van der Waals surface area contributed by atoms with Crippen molar-refractivity contribution in [2.45, 2.75) is 38.3 Å². The Morgan fingerprint density at radius 1 is 1.23 bits per heavy atom. The van der Waals surface area contributed by atoms with Crippen LogP contribution in [-0.2, 0) is 16.1 Å². The van der Waals surface area contributed by atoms with Crippen molar-refractivity contribution >= 4 is 5.91 Å². The summed E-state index contributed by atoms with van der Waals surface area (Å²) in [6.07, 6.45) is 4.49. The molecule has 2 heterocycles. The molecule has 0 aromatic heterocycles. The number of carbonyl (C=O) groups is 1. The molecule has 0 radical (unpaired) electrons. The van der Waals surface area contributed by atoms with Gasteiger partial charge in [-0.3, -0.25) is 4.79 Å². The van der Waals surface area contributed by atoms with Crippen LogP contribution in [0.1, 0.15) is 31.2 Å². The molecule has 1 amide bonds. The van der Waals surface area contributed by atoms with Crippen molar-refractivity contribution in [2.24, 2.45) is 5.92 Å². The van der Waals surface area contributed by atoms with E-state index in [-0.39, 0.29) is 17.9 Å². The van der Waals surface area contributed by atoms with E-state index < -0.39 is 0 Å². The molecule has 0 aliphatic carbocycles. The van der Waals surface area contributed by atoms with E-state index in [1.54, 1.807) is 0 Å². The van der Waals surface area contributed by atoms with Gasteiger partial charge < -0.3 is 15.0 Å². The van der Waals surface area contributed by atoms with E-state index in [1.165, 1.54) is 5.56 Å². The Morgan fingerprint density at radius 3 is 2.77 bits per heavy atom. The molecule has 4 nitrogen and oxygen atoms in total. The lowest BCUT2D eigenvalue weighted by Crippen LogP contribution is -2.45. The first-order valence-corrected chi connectivity index (χ1v) is 8.48. The van der Waals surface area contributed by atoms with Gasteiger partial charge in [-0.25, -0.2) is 0 Å². The van der Waals surface area contributed by atoms with Crippen molar-refractivity contribution in [3.8, 4) is 0 Å². The SMILES string of the molecule is O=C(C1CCCNC1)N(Cc1ccccc1)CC1CCCO1. The summed E-state index contributed by atoms with van der Waals surface area (Å²) in [5, 5.41) is 3.35. The first kappa shape index (κ1) is 15.5.